The summed E-state index contributed by atoms with van der Waals surface area (Å²) in [5, 5.41) is 2.39. The molecule has 0 unspecified atom stereocenters. The highest BCUT2D eigenvalue weighted by atomic mass is 16.6. The Balaban J connectivity index is 1.96. The van der Waals surface area contributed by atoms with E-state index < -0.39 is 29.4 Å². The van der Waals surface area contributed by atoms with Gasteiger partial charge in [0.25, 0.3) is 0 Å². The molecular weight excluding hydrogens is 432 g/mol. The maximum absolute atomic E-state index is 12.4. The quantitative estimate of drug-likeness (QED) is 0.470. The molecule has 1 N–H and O–H groups in total. The highest BCUT2D eigenvalue weighted by Crippen LogP contribution is 2.10. The van der Waals surface area contributed by atoms with E-state index in [4.69, 9.17) is 9.47 Å². The maximum Gasteiger partial charge on any atom is 0.413 e. The molecule has 11 nitrogen and oxygen atoms in total. The van der Waals surface area contributed by atoms with E-state index in [2.05, 4.69) is 15.0 Å². The second-order valence-corrected chi connectivity index (χ2v) is 7.95. The lowest BCUT2D eigenvalue weighted by atomic mass is 10.2. The second-order valence-electron chi connectivity index (χ2n) is 7.95. The van der Waals surface area contributed by atoms with E-state index in [9.17, 15) is 19.2 Å². The molecule has 0 bridgehead atoms. The van der Waals surface area contributed by atoms with Crippen molar-refractivity contribution >= 4 is 24.0 Å². The molecule has 0 atom stereocenters. The zero-order valence-corrected chi connectivity index (χ0v) is 19.1. The first-order valence-electron chi connectivity index (χ1n) is 10.2. The Morgan fingerprint density at radius 2 is 1.82 bits per heavy atom. The van der Waals surface area contributed by atoms with Crippen molar-refractivity contribution in [2.75, 3.05) is 25.5 Å². The molecule has 0 aliphatic rings. The van der Waals surface area contributed by atoms with Crippen molar-refractivity contribution in [3.8, 4) is 0 Å². The molecule has 0 radical (unpaired) electrons. The van der Waals surface area contributed by atoms with E-state index in [1.165, 1.54) is 23.9 Å². The van der Waals surface area contributed by atoms with Crippen molar-refractivity contribution < 1.29 is 28.6 Å². The average Bonchev–Trinajstić information content (AvgIpc) is 2.75. The van der Waals surface area contributed by atoms with Crippen LogP contribution < -0.4 is 11.0 Å². The van der Waals surface area contributed by atoms with Crippen LogP contribution in [-0.4, -0.2) is 58.4 Å². The van der Waals surface area contributed by atoms with Gasteiger partial charge in [0.2, 0.25) is 0 Å². The van der Waals surface area contributed by atoms with E-state index >= 15 is 0 Å². The van der Waals surface area contributed by atoms with Gasteiger partial charge < -0.3 is 14.2 Å². The number of esters is 1. The predicted molar refractivity (Wildman–Crippen MR) is 119 cm³/mol. The highest BCUT2D eigenvalue weighted by Gasteiger charge is 2.24. The van der Waals surface area contributed by atoms with E-state index in [-0.39, 0.29) is 32.1 Å². The lowest BCUT2D eigenvalue weighted by Gasteiger charge is -2.26. The number of aromatic nitrogens is 2. The van der Waals surface area contributed by atoms with Crippen molar-refractivity contribution in [1.29, 1.82) is 0 Å². The lowest BCUT2D eigenvalue weighted by molar-refractivity contribution is -0.141. The van der Waals surface area contributed by atoms with Crippen molar-refractivity contribution in [3.05, 3.63) is 58.6 Å². The van der Waals surface area contributed by atoms with Gasteiger partial charge in [0, 0.05) is 19.3 Å². The Hall–Kier alpha value is -3.89. The molecule has 11 heteroatoms. The summed E-state index contributed by atoms with van der Waals surface area (Å²) in [5.41, 5.74) is -0.595. The maximum atomic E-state index is 12.4. The number of amides is 2. The first-order valence-corrected chi connectivity index (χ1v) is 10.2. The van der Waals surface area contributed by atoms with Gasteiger partial charge in [-0.1, -0.05) is 30.3 Å². The molecule has 2 rings (SSSR count). The number of methoxy groups -OCH3 is 1. The molecule has 2 aromatic rings. The number of hydrogen-bond acceptors (Lipinski definition) is 8. The van der Waals surface area contributed by atoms with E-state index in [0.29, 0.717) is 0 Å². The van der Waals surface area contributed by atoms with E-state index in [1.807, 2.05) is 30.3 Å². The van der Waals surface area contributed by atoms with Crippen LogP contribution in [0.25, 0.3) is 0 Å². The molecule has 0 aliphatic heterocycles. The summed E-state index contributed by atoms with van der Waals surface area (Å²) >= 11 is 0. The minimum atomic E-state index is -0.758. The van der Waals surface area contributed by atoms with Crippen molar-refractivity contribution in [2.24, 2.45) is 0 Å². The molecule has 178 valence electrons. The topological polar surface area (TPSA) is 129 Å². The van der Waals surface area contributed by atoms with E-state index in [1.54, 1.807) is 20.8 Å². The standard InChI is InChI=1S/C22H28N4O7/c1-22(2,3)33-21(30)26(14-18(27)31-4)13-12-25-11-10-17(23-19(25)28)24-20(29)32-15-16-8-6-5-7-9-16/h5-11H,12-15H2,1-4H3,(H,23,24,28,29). The first-order chi connectivity index (χ1) is 15.6. The summed E-state index contributed by atoms with van der Waals surface area (Å²) in [6, 6.07) is 10.6. The molecule has 1 aromatic carbocycles. The number of carbonyl (C=O) groups is 3. The zero-order valence-electron chi connectivity index (χ0n) is 19.1. The van der Waals surface area contributed by atoms with E-state index in [0.717, 1.165) is 10.5 Å². The normalized spacial score (nSPS) is 10.8. The van der Waals surface area contributed by atoms with Gasteiger partial charge in [0.05, 0.1) is 7.11 Å². The van der Waals surface area contributed by atoms with Gasteiger partial charge in [-0.25, -0.2) is 14.4 Å². The number of benzene rings is 1. The number of anilines is 1. The third-order valence-corrected chi connectivity index (χ3v) is 4.13. The summed E-state index contributed by atoms with van der Waals surface area (Å²) in [5.74, 6) is -0.604. The monoisotopic (exact) mass is 460 g/mol. The van der Waals surface area contributed by atoms with Gasteiger partial charge >= 0.3 is 23.8 Å². The minimum absolute atomic E-state index is 0.00249. The van der Waals surface area contributed by atoms with Crippen LogP contribution in [0.15, 0.2) is 47.4 Å². The van der Waals surface area contributed by atoms with Crippen LogP contribution in [0, 0.1) is 0 Å². The first kappa shape index (κ1) is 25.4. The SMILES string of the molecule is COC(=O)CN(CCn1ccc(NC(=O)OCc2ccccc2)nc1=O)C(=O)OC(C)(C)C. The summed E-state index contributed by atoms with van der Waals surface area (Å²) in [6.07, 6.45) is -0.0564. The Bertz CT molecular complexity index is 1020. The molecule has 0 fully saturated rings. The van der Waals surface area contributed by atoms with Gasteiger partial charge in [-0.15, -0.1) is 0 Å². The molecule has 2 amide bonds. The second kappa shape index (κ2) is 11.7. The van der Waals surface area contributed by atoms with Crippen LogP contribution in [0.5, 0.6) is 0 Å². The Morgan fingerprint density at radius 3 is 2.42 bits per heavy atom. The van der Waals surface area contributed by atoms with Crippen molar-refractivity contribution in [3.63, 3.8) is 0 Å². The van der Waals surface area contributed by atoms with Gasteiger partial charge in [0.15, 0.2) is 0 Å². The largest absolute Gasteiger partial charge is 0.468 e. The Morgan fingerprint density at radius 1 is 1.12 bits per heavy atom. The smallest absolute Gasteiger partial charge is 0.413 e. The fourth-order valence-corrected chi connectivity index (χ4v) is 2.54. The molecule has 1 aromatic heterocycles. The average molecular weight is 460 g/mol. The molecule has 33 heavy (non-hydrogen) atoms. The number of hydrogen-bond donors (Lipinski definition) is 1. The van der Waals surface area contributed by atoms with Crippen LogP contribution in [0.1, 0.15) is 26.3 Å². The summed E-state index contributed by atoms with van der Waals surface area (Å²) in [7, 11) is 1.21. The third-order valence-electron chi connectivity index (χ3n) is 4.13. The number of ether oxygens (including phenoxy) is 3. The summed E-state index contributed by atoms with van der Waals surface area (Å²) in [4.78, 5) is 53.2. The van der Waals surface area contributed by atoms with Gasteiger partial charge in [-0.05, 0) is 32.4 Å². The zero-order chi connectivity index (χ0) is 24.4. The number of nitrogens with one attached hydrogen (secondary N) is 1. The molecule has 1 heterocycles. The Labute approximate surface area is 191 Å². The van der Waals surface area contributed by atoms with Crippen molar-refractivity contribution in [2.45, 2.75) is 39.5 Å². The number of carbonyl (C=O) groups excluding carboxylic acids is 3. The number of rotatable bonds is 8. The lowest BCUT2D eigenvalue weighted by Crippen LogP contribution is -2.42. The molecule has 0 saturated heterocycles. The Kier molecular flexibility index (Phi) is 8.96. The fourth-order valence-electron chi connectivity index (χ4n) is 2.54. The summed E-state index contributed by atoms with van der Waals surface area (Å²) in [6.45, 7) is 4.88. The molecule has 0 saturated carbocycles. The van der Waals surface area contributed by atoms with Gasteiger partial charge in [-0.2, -0.15) is 4.98 Å². The summed E-state index contributed by atoms with van der Waals surface area (Å²) < 4.78 is 16.2. The number of nitrogens with zero attached hydrogens (tertiary/aromatic N) is 3. The van der Waals surface area contributed by atoms with Gasteiger partial charge in [0.1, 0.15) is 24.6 Å². The molecular formula is C22H28N4O7. The predicted octanol–water partition coefficient (Wildman–Crippen LogP) is 2.40. The minimum Gasteiger partial charge on any atom is -0.468 e. The van der Waals surface area contributed by atoms with Crippen LogP contribution in [0.4, 0.5) is 15.4 Å². The molecule has 0 aliphatic carbocycles. The van der Waals surface area contributed by atoms with Crippen LogP contribution in [0.3, 0.4) is 0 Å². The van der Waals surface area contributed by atoms with Gasteiger partial charge in [-0.3, -0.25) is 19.6 Å². The van der Waals surface area contributed by atoms with Crippen molar-refractivity contribution in [1.82, 2.24) is 14.5 Å². The molecule has 0 spiro atoms. The van der Waals surface area contributed by atoms with Crippen LogP contribution in [0.2, 0.25) is 0 Å². The van der Waals surface area contributed by atoms with Crippen LogP contribution in [-0.2, 0) is 32.2 Å². The fraction of sp³-hybridized carbons (Fsp3) is 0.409. The van der Waals surface area contributed by atoms with Crippen LogP contribution >= 0.6 is 0 Å². The highest BCUT2D eigenvalue weighted by molar-refractivity contribution is 5.83. The third kappa shape index (κ3) is 9.01.